The van der Waals surface area contributed by atoms with Gasteiger partial charge in [-0.25, -0.2) is 12.7 Å². The van der Waals surface area contributed by atoms with Gasteiger partial charge in [-0.15, -0.1) is 0 Å². The van der Waals surface area contributed by atoms with Gasteiger partial charge in [0, 0.05) is 17.6 Å². The number of piperidine rings is 1. The summed E-state index contributed by atoms with van der Waals surface area (Å²) in [5.41, 5.74) is 1.30. The Labute approximate surface area is 111 Å². The first kappa shape index (κ1) is 13.1. The van der Waals surface area contributed by atoms with E-state index >= 15 is 0 Å². The second kappa shape index (κ2) is 5.08. The number of benzene rings is 1. The lowest BCUT2D eigenvalue weighted by Crippen LogP contribution is -2.37. The van der Waals surface area contributed by atoms with Crippen molar-refractivity contribution in [3.8, 4) is 0 Å². The van der Waals surface area contributed by atoms with Crippen LogP contribution in [-0.4, -0.2) is 32.1 Å². The molecule has 2 rings (SSSR count). The quantitative estimate of drug-likeness (QED) is 0.840. The van der Waals surface area contributed by atoms with Gasteiger partial charge in [-0.05, 0) is 36.5 Å². The number of hydrogen-bond acceptors (Lipinski definition) is 2. The molecule has 0 radical (unpaired) electrons. The summed E-state index contributed by atoms with van der Waals surface area (Å²) in [6.45, 7) is 1.27. The van der Waals surface area contributed by atoms with E-state index in [9.17, 15) is 8.42 Å². The lowest BCUT2D eigenvalue weighted by molar-refractivity contribution is 0.321. The molecule has 0 unspecified atom stereocenters. The van der Waals surface area contributed by atoms with E-state index in [4.69, 9.17) is 0 Å². The monoisotopic (exact) mass is 317 g/mol. The van der Waals surface area contributed by atoms with Crippen LogP contribution in [0.25, 0.3) is 0 Å². The summed E-state index contributed by atoms with van der Waals surface area (Å²) >= 11 is 3.47. The molecule has 0 spiro atoms. The van der Waals surface area contributed by atoms with Gasteiger partial charge >= 0.3 is 0 Å². The van der Waals surface area contributed by atoms with Crippen molar-refractivity contribution < 1.29 is 8.42 Å². The average molecular weight is 318 g/mol. The highest BCUT2D eigenvalue weighted by Gasteiger charge is 2.25. The number of rotatable bonds is 2. The Hall–Kier alpha value is -0.390. The smallest absolute Gasteiger partial charge is 0.211 e. The Morgan fingerprint density at radius 3 is 2.47 bits per heavy atom. The second-order valence-corrected chi connectivity index (χ2v) is 7.39. The highest BCUT2D eigenvalue weighted by atomic mass is 79.9. The summed E-state index contributed by atoms with van der Waals surface area (Å²) < 4.78 is 25.5. The molecule has 0 atom stereocenters. The van der Waals surface area contributed by atoms with Gasteiger partial charge in [-0.3, -0.25) is 0 Å². The zero-order valence-electron chi connectivity index (χ0n) is 9.77. The van der Waals surface area contributed by atoms with Gasteiger partial charge in [0.25, 0.3) is 0 Å². The molecule has 1 heterocycles. The van der Waals surface area contributed by atoms with Crippen molar-refractivity contribution in [3.63, 3.8) is 0 Å². The van der Waals surface area contributed by atoms with Gasteiger partial charge in [0.15, 0.2) is 0 Å². The van der Waals surface area contributed by atoms with Crippen molar-refractivity contribution in [2.75, 3.05) is 19.3 Å². The van der Waals surface area contributed by atoms with E-state index in [0.717, 1.165) is 17.3 Å². The molecular formula is C12H16BrNO2S. The van der Waals surface area contributed by atoms with Gasteiger partial charge < -0.3 is 0 Å². The molecule has 3 nitrogen and oxygen atoms in total. The van der Waals surface area contributed by atoms with Crippen molar-refractivity contribution in [1.29, 1.82) is 0 Å². The first-order valence-corrected chi connectivity index (χ1v) is 8.31. The minimum atomic E-state index is -3.02. The van der Waals surface area contributed by atoms with E-state index in [2.05, 4.69) is 28.1 Å². The maximum absolute atomic E-state index is 11.4. The van der Waals surface area contributed by atoms with Crippen LogP contribution in [0.1, 0.15) is 24.3 Å². The van der Waals surface area contributed by atoms with Crippen LogP contribution in [0.15, 0.2) is 28.7 Å². The summed E-state index contributed by atoms with van der Waals surface area (Å²) in [6.07, 6.45) is 3.10. The molecule has 1 aliphatic rings. The molecule has 0 saturated carbocycles. The van der Waals surface area contributed by atoms with Crippen LogP contribution in [-0.2, 0) is 10.0 Å². The zero-order chi connectivity index (χ0) is 12.5. The summed E-state index contributed by atoms with van der Waals surface area (Å²) in [5, 5.41) is 0. The third-order valence-corrected chi connectivity index (χ3v) is 5.04. The van der Waals surface area contributed by atoms with Crippen LogP contribution in [0.2, 0.25) is 0 Å². The number of nitrogens with zero attached hydrogens (tertiary/aromatic N) is 1. The van der Waals surface area contributed by atoms with Crippen LogP contribution < -0.4 is 0 Å². The Bertz CT molecular complexity index is 493. The number of sulfonamides is 1. The predicted molar refractivity (Wildman–Crippen MR) is 72.5 cm³/mol. The highest BCUT2D eigenvalue weighted by Crippen LogP contribution is 2.30. The fourth-order valence-corrected chi connectivity index (χ4v) is 3.57. The minimum absolute atomic E-state index is 0.477. The van der Waals surface area contributed by atoms with E-state index in [0.29, 0.717) is 19.0 Å². The van der Waals surface area contributed by atoms with Crippen LogP contribution in [0.3, 0.4) is 0 Å². The molecule has 5 heteroatoms. The summed E-state index contributed by atoms with van der Waals surface area (Å²) in [6, 6.07) is 8.28. The predicted octanol–water partition coefficient (Wildman–Crippen LogP) is 2.59. The standard InChI is InChI=1S/C12H16BrNO2S/c1-17(15,16)14-7-5-10(6-8-14)11-3-2-4-12(13)9-11/h2-4,9-10H,5-8H2,1H3. The van der Waals surface area contributed by atoms with Crippen molar-refractivity contribution in [1.82, 2.24) is 4.31 Å². The van der Waals surface area contributed by atoms with Crippen molar-refractivity contribution in [2.24, 2.45) is 0 Å². The van der Waals surface area contributed by atoms with Crippen LogP contribution in [0.5, 0.6) is 0 Å². The maximum atomic E-state index is 11.4. The zero-order valence-corrected chi connectivity index (χ0v) is 12.2. The normalized spacial score (nSPS) is 19.4. The fourth-order valence-electron chi connectivity index (χ4n) is 2.28. The largest absolute Gasteiger partial charge is 0.213 e. The van der Waals surface area contributed by atoms with E-state index in [1.165, 1.54) is 11.8 Å². The van der Waals surface area contributed by atoms with Gasteiger partial charge in [0.1, 0.15) is 0 Å². The first-order chi connectivity index (χ1) is 7.97. The van der Waals surface area contributed by atoms with Crippen LogP contribution in [0, 0.1) is 0 Å². The molecule has 17 heavy (non-hydrogen) atoms. The topological polar surface area (TPSA) is 37.4 Å². The van der Waals surface area contributed by atoms with Crippen LogP contribution >= 0.6 is 15.9 Å². The molecule has 1 aromatic carbocycles. The Kier molecular flexibility index (Phi) is 3.90. The van der Waals surface area contributed by atoms with E-state index in [-0.39, 0.29) is 0 Å². The Balaban J connectivity index is 2.05. The number of hydrogen-bond donors (Lipinski definition) is 0. The fraction of sp³-hybridized carbons (Fsp3) is 0.500. The molecule has 0 aromatic heterocycles. The van der Waals surface area contributed by atoms with E-state index < -0.39 is 10.0 Å². The molecule has 94 valence electrons. The van der Waals surface area contributed by atoms with E-state index in [1.54, 1.807) is 4.31 Å². The molecule has 0 amide bonds. The summed E-state index contributed by atoms with van der Waals surface area (Å²) in [4.78, 5) is 0. The van der Waals surface area contributed by atoms with Crippen molar-refractivity contribution >= 4 is 26.0 Å². The van der Waals surface area contributed by atoms with Gasteiger partial charge in [-0.2, -0.15) is 0 Å². The van der Waals surface area contributed by atoms with Crippen LogP contribution in [0.4, 0.5) is 0 Å². The lowest BCUT2D eigenvalue weighted by atomic mass is 9.90. The Morgan fingerprint density at radius 1 is 1.29 bits per heavy atom. The molecule has 1 aromatic rings. The molecule has 0 N–H and O–H groups in total. The second-order valence-electron chi connectivity index (χ2n) is 4.49. The SMILES string of the molecule is CS(=O)(=O)N1CCC(c2cccc(Br)c2)CC1. The van der Waals surface area contributed by atoms with Crippen molar-refractivity contribution in [3.05, 3.63) is 34.3 Å². The molecule has 1 aliphatic heterocycles. The number of halogens is 1. The third kappa shape index (κ3) is 3.30. The Morgan fingerprint density at radius 2 is 1.94 bits per heavy atom. The molecule has 0 bridgehead atoms. The summed E-state index contributed by atoms with van der Waals surface area (Å²) in [7, 11) is -3.02. The lowest BCUT2D eigenvalue weighted by Gasteiger charge is -2.30. The average Bonchev–Trinajstić information content (AvgIpc) is 2.28. The third-order valence-electron chi connectivity index (χ3n) is 3.24. The molecule has 0 aliphatic carbocycles. The van der Waals surface area contributed by atoms with Crippen molar-refractivity contribution in [2.45, 2.75) is 18.8 Å². The first-order valence-electron chi connectivity index (χ1n) is 5.67. The highest BCUT2D eigenvalue weighted by molar-refractivity contribution is 9.10. The van der Waals surface area contributed by atoms with E-state index in [1.807, 2.05) is 12.1 Å². The van der Waals surface area contributed by atoms with Gasteiger partial charge in [0.2, 0.25) is 10.0 Å². The summed E-state index contributed by atoms with van der Waals surface area (Å²) in [5.74, 6) is 0.477. The van der Waals surface area contributed by atoms with Gasteiger partial charge in [-0.1, -0.05) is 28.1 Å². The molecular weight excluding hydrogens is 302 g/mol. The molecule has 1 saturated heterocycles. The molecule has 1 fully saturated rings. The minimum Gasteiger partial charge on any atom is -0.213 e. The maximum Gasteiger partial charge on any atom is 0.211 e. The van der Waals surface area contributed by atoms with Gasteiger partial charge in [0.05, 0.1) is 6.26 Å².